The molecule has 9 heteroatoms. The van der Waals surface area contributed by atoms with E-state index >= 15 is 0 Å². The van der Waals surface area contributed by atoms with E-state index in [0.29, 0.717) is 11.7 Å². The summed E-state index contributed by atoms with van der Waals surface area (Å²) in [5.74, 6) is -1.29. The molecule has 4 rings (SSSR count). The van der Waals surface area contributed by atoms with Crippen molar-refractivity contribution < 1.29 is 18.7 Å². The van der Waals surface area contributed by atoms with Crippen molar-refractivity contribution in [3.63, 3.8) is 0 Å². The summed E-state index contributed by atoms with van der Waals surface area (Å²) in [7, 11) is 0. The molecule has 0 spiro atoms. The number of nitrogens with one attached hydrogen (secondary N) is 2. The van der Waals surface area contributed by atoms with Gasteiger partial charge in [0.15, 0.2) is 5.13 Å². The van der Waals surface area contributed by atoms with Crippen LogP contribution < -0.4 is 10.6 Å². The summed E-state index contributed by atoms with van der Waals surface area (Å²) >= 11 is 1.43. The Morgan fingerprint density at radius 1 is 1.08 bits per heavy atom. The van der Waals surface area contributed by atoms with Gasteiger partial charge in [-0.25, -0.2) is 9.37 Å². The van der Waals surface area contributed by atoms with E-state index in [9.17, 15) is 14.0 Å². The van der Waals surface area contributed by atoms with Gasteiger partial charge in [0, 0.05) is 35.6 Å². The second-order valence-corrected chi connectivity index (χ2v) is 10.7. The van der Waals surface area contributed by atoms with Gasteiger partial charge in [0.25, 0.3) is 11.8 Å². The Morgan fingerprint density at radius 3 is 2.36 bits per heavy atom. The summed E-state index contributed by atoms with van der Waals surface area (Å²) in [6.07, 6.45) is 0.290. The number of anilines is 1. The van der Waals surface area contributed by atoms with Gasteiger partial charge in [0.05, 0.1) is 17.9 Å². The Morgan fingerprint density at radius 2 is 1.72 bits per heavy atom. The number of halogens is 1. The summed E-state index contributed by atoms with van der Waals surface area (Å²) < 4.78 is 19.1. The van der Waals surface area contributed by atoms with E-state index in [2.05, 4.69) is 29.4 Å². The molecular formula is C27H31FN4O3S. The van der Waals surface area contributed by atoms with Crippen molar-refractivity contribution in [1.82, 2.24) is 15.2 Å². The van der Waals surface area contributed by atoms with Gasteiger partial charge in [-0.15, -0.1) is 0 Å². The smallest absolute Gasteiger partial charge is 0.252 e. The number of hydrogen-bond donors (Lipinski definition) is 2. The molecule has 2 aromatic carbocycles. The predicted molar refractivity (Wildman–Crippen MR) is 139 cm³/mol. The lowest BCUT2D eigenvalue weighted by Crippen LogP contribution is -2.52. The fourth-order valence-corrected chi connectivity index (χ4v) is 5.24. The Labute approximate surface area is 214 Å². The van der Waals surface area contributed by atoms with Gasteiger partial charge >= 0.3 is 0 Å². The summed E-state index contributed by atoms with van der Waals surface area (Å²) in [6, 6.07) is 15.1. The molecule has 2 amide bonds. The molecule has 1 aliphatic rings. The van der Waals surface area contributed by atoms with Crippen LogP contribution in [-0.2, 0) is 16.1 Å². The maximum absolute atomic E-state index is 13.2. The highest BCUT2D eigenvalue weighted by molar-refractivity contribution is 7.16. The van der Waals surface area contributed by atoms with Gasteiger partial charge in [0.2, 0.25) is 0 Å². The number of hydrogen-bond acceptors (Lipinski definition) is 6. The molecule has 0 unspecified atom stereocenters. The number of rotatable bonds is 7. The van der Waals surface area contributed by atoms with Gasteiger partial charge in [-0.1, -0.05) is 41.7 Å². The topological polar surface area (TPSA) is 83.6 Å². The van der Waals surface area contributed by atoms with E-state index < -0.39 is 23.2 Å². The van der Waals surface area contributed by atoms with E-state index in [1.54, 1.807) is 13.8 Å². The molecule has 0 saturated carbocycles. The maximum atomic E-state index is 13.2. The van der Waals surface area contributed by atoms with Crippen molar-refractivity contribution in [2.45, 2.75) is 52.0 Å². The van der Waals surface area contributed by atoms with Crippen LogP contribution in [-0.4, -0.2) is 52.5 Å². The first-order valence-corrected chi connectivity index (χ1v) is 12.7. The molecule has 0 bridgehead atoms. The van der Waals surface area contributed by atoms with Crippen LogP contribution >= 0.6 is 11.3 Å². The van der Waals surface area contributed by atoms with Crippen LogP contribution in [0.15, 0.2) is 54.6 Å². The molecule has 1 aromatic heterocycles. The van der Waals surface area contributed by atoms with Gasteiger partial charge in [-0.05, 0) is 52.0 Å². The van der Waals surface area contributed by atoms with Crippen molar-refractivity contribution in [1.29, 1.82) is 0 Å². The third-order valence-corrected chi connectivity index (χ3v) is 6.88. The summed E-state index contributed by atoms with van der Waals surface area (Å²) in [6.45, 7) is 9.71. The number of amides is 2. The lowest BCUT2D eigenvalue weighted by atomic mass is 10.0. The van der Waals surface area contributed by atoms with Crippen LogP contribution in [0.1, 0.15) is 42.9 Å². The van der Waals surface area contributed by atoms with Gasteiger partial charge in [-0.3, -0.25) is 19.8 Å². The zero-order chi connectivity index (χ0) is 25.9. The van der Waals surface area contributed by atoms with Crippen LogP contribution in [0, 0.1) is 5.82 Å². The van der Waals surface area contributed by atoms with Crippen molar-refractivity contribution in [3.05, 3.63) is 70.9 Å². The minimum absolute atomic E-state index is 0.145. The van der Waals surface area contributed by atoms with Crippen molar-refractivity contribution in [2.75, 3.05) is 18.4 Å². The highest BCUT2D eigenvalue weighted by atomic mass is 32.1. The highest BCUT2D eigenvalue weighted by Gasteiger charge is 2.31. The lowest BCUT2D eigenvalue weighted by molar-refractivity contribution is -0.120. The number of morpholine rings is 1. The normalized spacial score (nSPS) is 18.6. The molecule has 2 heterocycles. The molecule has 3 aromatic rings. The molecule has 1 fully saturated rings. The quantitative estimate of drug-likeness (QED) is 0.481. The SMILES string of the molecule is C[C@@H]1CN(Cc2sc(NC(=O)C(C)(C)NC(=O)c3ccc(F)cc3)nc2-c2ccccc2)C[C@H](C)O1. The molecule has 7 nitrogen and oxygen atoms in total. The first-order valence-electron chi connectivity index (χ1n) is 11.9. The fraction of sp³-hybridized carbons (Fsp3) is 0.370. The average molecular weight is 511 g/mol. The molecule has 0 radical (unpaired) electrons. The molecule has 2 atom stereocenters. The Balaban J connectivity index is 1.52. The summed E-state index contributed by atoms with van der Waals surface area (Å²) in [5.41, 5.74) is 0.853. The van der Waals surface area contributed by atoms with Crippen LogP contribution in [0.25, 0.3) is 11.3 Å². The molecular weight excluding hydrogens is 479 g/mol. The van der Waals surface area contributed by atoms with E-state index in [-0.39, 0.29) is 17.8 Å². The second kappa shape index (κ2) is 10.9. The third-order valence-electron chi connectivity index (χ3n) is 5.93. The zero-order valence-corrected chi connectivity index (χ0v) is 21.7. The molecule has 36 heavy (non-hydrogen) atoms. The molecule has 1 saturated heterocycles. The van der Waals surface area contributed by atoms with Crippen molar-refractivity contribution in [3.8, 4) is 11.3 Å². The third kappa shape index (κ3) is 6.34. The monoisotopic (exact) mass is 510 g/mol. The number of benzene rings is 2. The number of thiazole rings is 1. The molecule has 2 N–H and O–H groups in total. The Kier molecular flexibility index (Phi) is 7.82. The van der Waals surface area contributed by atoms with Gasteiger partial charge in [-0.2, -0.15) is 0 Å². The zero-order valence-electron chi connectivity index (χ0n) is 20.9. The van der Waals surface area contributed by atoms with Gasteiger partial charge in [0.1, 0.15) is 11.4 Å². The fourth-order valence-electron chi connectivity index (χ4n) is 4.22. The largest absolute Gasteiger partial charge is 0.373 e. The summed E-state index contributed by atoms with van der Waals surface area (Å²) in [4.78, 5) is 33.9. The molecule has 190 valence electrons. The molecule has 0 aliphatic carbocycles. The van der Waals surface area contributed by atoms with E-state index in [1.165, 1.54) is 35.6 Å². The predicted octanol–water partition coefficient (Wildman–Crippen LogP) is 4.71. The first-order chi connectivity index (χ1) is 17.1. The first kappa shape index (κ1) is 25.9. The number of ether oxygens (including phenoxy) is 1. The Hall–Kier alpha value is -3.14. The minimum Gasteiger partial charge on any atom is -0.373 e. The standard InChI is InChI=1S/C27H31FN4O3S/c1-17-14-32(15-18(2)35-17)16-22-23(19-8-6-5-7-9-19)29-26(36-22)30-25(34)27(3,4)31-24(33)20-10-12-21(28)13-11-20/h5-13,17-18H,14-16H2,1-4H3,(H,31,33)(H,29,30,34)/t17-,18+. The highest BCUT2D eigenvalue weighted by Crippen LogP contribution is 2.33. The van der Waals surface area contributed by atoms with Crippen LogP contribution in [0.4, 0.5) is 9.52 Å². The number of carbonyl (C=O) groups is 2. The number of carbonyl (C=O) groups excluding carboxylic acids is 2. The van der Waals surface area contributed by atoms with Gasteiger partial charge < -0.3 is 10.1 Å². The van der Waals surface area contributed by atoms with Crippen LogP contribution in [0.2, 0.25) is 0 Å². The molecule has 1 aliphatic heterocycles. The summed E-state index contributed by atoms with van der Waals surface area (Å²) in [5, 5.41) is 6.07. The number of nitrogens with zero attached hydrogens (tertiary/aromatic N) is 2. The minimum atomic E-state index is -1.22. The van der Waals surface area contributed by atoms with E-state index in [1.807, 2.05) is 30.3 Å². The maximum Gasteiger partial charge on any atom is 0.252 e. The van der Waals surface area contributed by atoms with Crippen molar-refractivity contribution >= 4 is 28.3 Å². The van der Waals surface area contributed by atoms with E-state index in [0.717, 1.165) is 29.2 Å². The average Bonchev–Trinajstić information content (AvgIpc) is 3.21. The lowest BCUT2D eigenvalue weighted by Gasteiger charge is -2.35. The number of aromatic nitrogens is 1. The second-order valence-electron chi connectivity index (χ2n) is 9.65. The van der Waals surface area contributed by atoms with Crippen molar-refractivity contribution in [2.24, 2.45) is 0 Å². The van der Waals surface area contributed by atoms with Crippen LogP contribution in [0.3, 0.4) is 0 Å². The van der Waals surface area contributed by atoms with Crippen LogP contribution in [0.5, 0.6) is 0 Å². The van der Waals surface area contributed by atoms with E-state index in [4.69, 9.17) is 9.72 Å². The Bertz CT molecular complexity index is 1200.